The Hall–Kier alpha value is -2.32. The summed E-state index contributed by atoms with van der Waals surface area (Å²) in [5, 5.41) is 5.21. The van der Waals surface area contributed by atoms with E-state index in [9.17, 15) is 4.79 Å². The molecule has 31 heavy (non-hydrogen) atoms. The molecule has 7 heteroatoms. The van der Waals surface area contributed by atoms with Gasteiger partial charge in [0.05, 0.1) is 18.9 Å². The van der Waals surface area contributed by atoms with E-state index in [0.717, 1.165) is 48.1 Å². The smallest absolute Gasteiger partial charge is 0.238 e. The van der Waals surface area contributed by atoms with E-state index in [1.165, 1.54) is 16.8 Å². The predicted molar refractivity (Wildman–Crippen MR) is 131 cm³/mol. The molecule has 5 nitrogen and oxygen atoms in total. The Kier molecular flexibility index (Phi) is 6.97. The molecule has 0 bridgehead atoms. The van der Waals surface area contributed by atoms with Crippen molar-refractivity contribution in [3.63, 3.8) is 0 Å². The molecule has 1 saturated heterocycles. The Morgan fingerprint density at radius 3 is 2.45 bits per heavy atom. The lowest BCUT2D eigenvalue weighted by Crippen LogP contribution is -2.48. The standard InChI is InChI=1S/C24H28N4OS2/c1-18-7-6-10-21(19(18)2)25-23(29)15-26-11-13-27(14-12-26)17-28-22(16-31-24(28)30)20-8-4-3-5-9-20/h3-10,16H,11-15,17H2,1-2H3,(H,25,29). The summed E-state index contributed by atoms with van der Waals surface area (Å²) in [6.45, 7) is 8.90. The van der Waals surface area contributed by atoms with Crippen molar-refractivity contribution in [1.29, 1.82) is 0 Å². The van der Waals surface area contributed by atoms with Crippen molar-refractivity contribution in [3.05, 3.63) is 69.0 Å². The van der Waals surface area contributed by atoms with Crippen LogP contribution in [-0.4, -0.2) is 53.0 Å². The van der Waals surface area contributed by atoms with Crippen molar-refractivity contribution in [3.8, 4) is 11.3 Å². The van der Waals surface area contributed by atoms with Gasteiger partial charge in [-0.1, -0.05) is 42.5 Å². The minimum absolute atomic E-state index is 0.0496. The van der Waals surface area contributed by atoms with Crippen LogP contribution in [0.4, 0.5) is 5.69 Å². The van der Waals surface area contributed by atoms with Crippen molar-refractivity contribution in [2.75, 3.05) is 38.0 Å². The Balaban J connectivity index is 1.32. The molecule has 0 saturated carbocycles. The summed E-state index contributed by atoms with van der Waals surface area (Å²) in [6, 6.07) is 16.4. The maximum atomic E-state index is 12.5. The second-order valence-corrected chi connectivity index (χ2v) is 9.52. The SMILES string of the molecule is Cc1cccc(NC(=O)CN2CCN(Cn3c(-c4ccccc4)csc3=S)CC2)c1C. The molecule has 1 N–H and O–H groups in total. The molecule has 2 aromatic carbocycles. The summed E-state index contributed by atoms with van der Waals surface area (Å²) in [7, 11) is 0. The monoisotopic (exact) mass is 452 g/mol. The first-order valence-corrected chi connectivity index (χ1v) is 11.8. The van der Waals surface area contributed by atoms with Crippen LogP contribution >= 0.6 is 23.6 Å². The molecule has 0 aliphatic carbocycles. The number of hydrogen-bond donors (Lipinski definition) is 1. The molecule has 1 aliphatic heterocycles. The number of benzene rings is 2. The highest BCUT2D eigenvalue weighted by Crippen LogP contribution is 2.24. The summed E-state index contributed by atoms with van der Waals surface area (Å²) >= 11 is 7.21. The largest absolute Gasteiger partial charge is 0.325 e. The van der Waals surface area contributed by atoms with Gasteiger partial charge in [0.15, 0.2) is 3.95 Å². The maximum absolute atomic E-state index is 12.5. The molecular weight excluding hydrogens is 424 g/mol. The Labute approximate surface area is 192 Å². The van der Waals surface area contributed by atoms with Gasteiger partial charge in [-0.2, -0.15) is 0 Å². The zero-order valence-electron chi connectivity index (χ0n) is 18.0. The van der Waals surface area contributed by atoms with Gasteiger partial charge < -0.3 is 9.88 Å². The van der Waals surface area contributed by atoms with Gasteiger partial charge in [-0.25, -0.2) is 0 Å². The van der Waals surface area contributed by atoms with Gasteiger partial charge in [-0.05, 0) is 48.8 Å². The van der Waals surface area contributed by atoms with E-state index < -0.39 is 0 Å². The number of amides is 1. The second-order valence-electron chi connectivity index (χ2n) is 8.01. The third kappa shape index (κ3) is 5.30. The fourth-order valence-electron chi connectivity index (χ4n) is 3.87. The van der Waals surface area contributed by atoms with Gasteiger partial charge in [0.1, 0.15) is 0 Å². The minimum Gasteiger partial charge on any atom is -0.325 e. The molecular formula is C24H28N4OS2. The summed E-state index contributed by atoms with van der Waals surface area (Å²) in [4.78, 5) is 17.2. The van der Waals surface area contributed by atoms with Crippen molar-refractivity contribution >= 4 is 35.1 Å². The second kappa shape index (κ2) is 9.87. The zero-order chi connectivity index (χ0) is 21.8. The lowest BCUT2D eigenvalue weighted by atomic mass is 10.1. The van der Waals surface area contributed by atoms with Crippen LogP contribution in [0.15, 0.2) is 53.9 Å². The molecule has 0 radical (unpaired) electrons. The highest BCUT2D eigenvalue weighted by molar-refractivity contribution is 7.73. The van der Waals surface area contributed by atoms with E-state index in [2.05, 4.69) is 62.3 Å². The molecule has 0 atom stereocenters. The molecule has 1 aromatic heterocycles. The van der Waals surface area contributed by atoms with Gasteiger partial charge in [0, 0.05) is 37.2 Å². The van der Waals surface area contributed by atoms with E-state index in [1.807, 2.05) is 25.1 Å². The van der Waals surface area contributed by atoms with E-state index >= 15 is 0 Å². The number of aromatic nitrogens is 1. The first-order valence-electron chi connectivity index (χ1n) is 10.6. The number of rotatable bonds is 6. The van der Waals surface area contributed by atoms with Gasteiger partial charge in [0.25, 0.3) is 0 Å². The van der Waals surface area contributed by atoms with Gasteiger partial charge in [-0.3, -0.25) is 14.6 Å². The molecule has 2 heterocycles. The van der Waals surface area contributed by atoms with Gasteiger partial charge in [-0.15, -0.1) is 11.3 Å². The van der Waals surface area contributed by atoms with Crippen LogP contribution in [0.25, 0.3) is 11.3 Å². The highest BCUT2D eigenvalue weighted by Gasteiger charge is 2.20. The molecule has 1 amide bonds. The van der Waals surface area contributed by atoms with E-state index in [1.54, 1.807) is 11.3 Å². The zero-order valence-corrected chi connectivity index (χ0v) is 19.6. The number of thiazole rings is 1. The predicted octanol–water partition coefficient (Wildman–Crippen LogP) is 4.78. The summed E-state index contributed by atoms with van der Waals surface area (Å²) in [5.74, 6) is 0.0496. The van der Waals surface area contributed by atoms with Crippen LogP contribution in [0.2, 0.25) is 0 Å². The number of piperazine rings is 1. The fraction of sp³-hybridized carbons (Fsp3) is 0.333. The normalized spacial score (nSPS) is 15.2. The molecule has 162 valence electrons. The maximum Gasteiger partial charge on any atom is 0.238 e. The Bertz CT molecular complexity index is 1100. The van der Waals surface area contributed by atoms with Gasteiger partial charge in [0.2, 0.25) is 5.91 Å². The van der Waals surface area contributed by atoms with Crippen molar-refractivity contribution < 1.29 is 4.79 Å². The topological polar surface area (TPSA) is 40.5 Å². The molecule has 1 fully saturated rings. The minimum atomic E-state index is 0.0496. The molecule has 3 aromatic rings. The summed E-state index contributed by atoms with van der Waals surface area (Å²) in [6.07, 6.45) is 0. The molecule has 1 aliphatic rings. The number of anilines is 1. The quantitative estimate of drug-likeness (QED) is 0.547. The average Bonchev–Trinajstić information content (AvgIpc) is 3.13. The van der Waals surface area contributed by atoms with Crippen LogP contribution in [0.1, 0.15) is 11.1 Å². The Morgan fingerprint density at radius 2 is 1.71 bits per heavy atom. The fourth-order valence-corrected chi connectivity index (χ4v) is 4.93. The average molecular weight is 453 g/mol. The van der Waals surface area contributed by atoms with Crippen LogP contribution in [0.3, 0.4) is 0 Å². The van der Waals surface area contributed by atoms with Crippen molar-refractivity contribution in [1.82, 2.24) is 14.4 Å². The Morgan fingerprint density at radius 1 is 1.00 bits per heavy atom. The first kappa shape index (κ1) is 21.9. The van der Waals surface area contributed by atoms with Crippen LogP contribution < -0.4 is 5.32 Å². The summed E-state index contributed by atoms with van der Waals surface area (Å²) in [5.41, 5.74) is 5.59. The summed E-state index contributed by atoms with van der Waals surface area (Å²) < 4.78 is 3.12. The third-order valence-corrected chi connectivity index (χ3v) is 7.18. The third-order valence-electron chi connectivity index (χ3n) is 5.90. The lowest BCUT2D eigenvalue weighted by molar-refractivity contribution is -0.117. The van der Waals surface area contributed by atoms with Crippen LogP contribution in [-0.2, 0) is 11.5 Å². The van der Waals surface area contributed by atoms with E-state index in [0.29, 0.717) is 6.54 Å². The van der Waals surface area contributed by atoms with Gasteiger partial charge >= 0.3 is 0 Å². The number of nitrogens with zero attached hydrogens (tertiary/aromatic N) is 3. The number of hydrogen-bond acceptors (Lipinski definition) is 5. The lowest BCUT2D eigenvalue weighted by Gasteiger charge is -2.34. The molecule has 0 spiro atoms. The number of carbonyl (C=O) groups is 1. The van der Waals surface area contributed by atoms with Crippen LogP contribution in [0.5, 0.6) is 0 Å². The van der Waals surface area contributed by atoms with E-state index in [4.69, 9.17) is 12.2 Å². The number of carbonyl (C=O) groups excluding carboxylic acids is 1. The number of nitrogens with one attached hydrogen (secondary N) is 1. The van der Waals surface area contributed by atoms with Crippen molar-refractivity contribution in [2.24, 2.45) is 0 Å². The van der Waals surface area contributed by atoms with E-state index in [-0.39, 0.29) is 5.91 Å². The molecule has 0 unspecified atom stereocenters. The first-order chi connectivity index (χ1) is 15.0. The van der Waals surface area contributed by atoms with Crippen molar-refractivity contribution in [2.45, 2.75) is 20.5 Å². The molecule has 4 rings (SSSR count). The number of aryl methyl sites for hydroxylation is 1. The highest BCUT2D eigenvalue weighted by atomic mass is 32.1. The van der Waals surface area contributed by atoms with Crippen LogP contribution in [0, 0.1) is 17.8 Å².